The van der Waals surface area contributed by atoms with Gasteiger partial charge in [0.05, 0.1) is 0 Å². The molecule has 2 atom stereocenters. The first-order chi connectivity index (χ1) is 17.9. The minimum absolute atomic E-state index is 0.265. The lowest BCUT2D eigenvalue weighted by molar-refractivity contribution is 0.447. The third-order valence-corrected chi connectivity index (χ3v) is 8.57. The molecule has 0 spiro atoms. The molecule has 4 aromatic rings. The molecule has 4 aromatic carbocycles. The Morgan fingerprint density at radius 1 is 0.865 bits per heavy atom. The number of hydrogen-bond acceptors (Lipinski definition) is 2. The van der Waals surface area contributed by atoms with Gasteiger partial charge in [-0.1, -0.05) is 108 Å². The molecule has 0 aliphatic carbocycles. The number of aromatic hydroxyl groups is 1. The van der Waals surface area contributed by atoms with E-state index in [9.17, 15) is 9.50 Å². The van der Waals surface area contributed by atoms with Crippen LogP contribution in [0.25, 0.3) is 0 Å². The fraction of sp³-hybridized carbons (Fsp3) is 0.242. The second-order valence-electron chi connectivity index (χ2n) is 9.80. The van der Waals surface area contributed by atoms with E-state index in [2.05, 4.69) is 67.4 Å². The summed E-state index contributed by atoms with van der Waals surface area (Å²) in [6.45, 7) is 4.41. The molecular weight excluding hydrogens is 476 g/mol. The monoisotopic (exact) mass is 511 g/mol. The van der Waals surface area contributed by atoms with Crippen molar-refractivity contribution in [3.63, 3.8) is 0 Å². The van der Waals surface area contributed by atoms with Gasteiger partial charge < -0.3 is 5.11 Å². The van der Waals surface area contributed by atoms with Crippen LogP contribution in [0.5, 0.6) is 5.75 Å². The van der Waals surface area contributed by atoms with Crippen LogP contribution in [0, 0.1) is 5.82 Å². The van der Waals surface area contributed by atoms with Gasteiger partial charge >= 0.3 is 0 Å². The molecule has 1 N–H and O–H groups in total. The van der Waals surface area contributed by atoms with E-state index in [0.717, 1.165) is 41.3 Å². The lowest BCUT2D eigenvalue weighted by atomic mass is 9.88. The topological polar surface area (TPSA) is 32.6 Å². The molecule has 0 heterocycles. The van der Waals surface area contributed by atoms with Crippen LogP contribution in [0.2, 0.25) is 0 Å². The Kier molecular flexibility index (Phi) is 8.90. The normalized spacial score (nSPS) is 13.4. The van der Waals surface area contributed by atoms with Crippen LogP contribution in [0.3, 0.4) is 0 Å². The van der Waals surface area contributed by atoms with Crippen LogP contribution in [0.15, 0.2) is 96.0 Å². The van der Waals surface area contributed by atoms with E-state index in [0.29, 0.717) is 20.8 Å². The van der Waals surface area contributed by atoms with Crippen LogP contribution in [-0.2, 0) is 18.0 Å². The highest BCUT2D eigenvalue weighted by molar-refractivity contribution is 7.48. The highest BCUT2D eigenvalue weighted by atomic mass is 31.1. The van der Waals surface area contributed by atoms with Crippen molar-refractivity contribution in [2.24, 2.45) is 4.99 Å². The molecule has 0 amide bonds. The lowest BCUT2D eigenvalue weighted by Gasteiger charge is -2.33. The van der Waals surface area contributed by atoms with Gasteiger partial charge in [-0.3, -0.25) is 4.99 Å². The highest BCUT2D eigenvalue weighted by Crippen LogP contribution is 2.49. The van der Waals surface area contributed by atoms with Crippen LogP contribution < -0.4 is 5.30 Å². The molecule has 190 valence electrons. The van der Waals surface area contributed by atoms with Crippen molar-refractivity contribution in [1.82, 2.24) is 0 Å². The fourth-order valence-corrected chi connectivity index (χ4v) is 6.76. The summed E-state index contributed by atoms with van der Waals surface area (Å²) in [4.78, 5) is 4.16. The minimum atomic E-state index is -0.314. The molecule has 37 heavy (non-hydrogen) atoms. The predicted molar refractivity (Wildman–Crippen MR) is 157 cm³/mol. The zero-order chi connectivity index (χ0) is 26.3. The number of rotatable bonds is 10. The summed E-state index contributed by atoms with van der Waals surface area (Å²) in [7, 11) is 2.05. The Hall–Kier alpha value is -3.29. The molecule has 0 radical (unpaired) electrons. The Bertz CT molecular complexity index is 1350. The Morgan fingerprint density at radius 3 is 2.14 bits per heavy atom. The molecule has 0 saturated carbocycles. The Morgan fingerprint density at radius 2 is 1.51 bits per heavy atom. The first-order valence-electron chi connectivity index (χ1n) is 12.8. The average molecular weight is 512 g/mol. The molecule has 0 aromatic heterocycles. The summed E-state index contributed by atoms with van der Waals surface area (Å²) in [5.74, 6) is 0.107. The zero-order valence-corrected chi connectivity index (χ0v) is 22.8. The number of phenols is 1. The first-order valence-corrected chi connectivity index (χ1v) is 13.8. The summed E-state index contributed by atoms with van der Waals surface area (Å²) in [5.41, 5.74) is 6.30. The van der Waals surface area contributed by atoms with Gasteiger partial charge in [0.15, 0.2) is 0 Å². The van der Waals surface area contributed by atoms with Crippen molar-refractivity contribution in [2.75, 3.05) is 7.05 Å². The second-order valence-corrected chi connectivity index (χ2v) is 11.7. The van der Waals surface area contributed by atoms with Gasteiger partial charge in [0, 0.05) is 36.0 Å². The van der Waals surface area contributed by atoms with Gasteiger partial charge in [0.1, 0.15) is 11.6 Å². The van der Waals surface area contributed by atoms with E-state index >= 15 is 0 Å². The van der Waals surface area contributed by atoms with Crippen molar-refractivity contribution < 1.29 is 9.50 Å². The van der Waals surface area contributed by atoms with E-state index in [4.69, 9.17) is 0 Å². The number of phenolic OH excluding ortho intramolecular Hbond substituents is 1. The third kappa shape index (κ3) is 6.73. The zero-order valence-electron chi connectivity index (χ0n) is 21.8. The Labute approximate surface area is 222 Å². The molecule has 0 fully saturated rings. The number of aliphatic imine (C=N–C) groups is 1. The standard InChI is InChI=1S/C33H35FNOP/c1-4-17-33(2,37-31-16-15-29(34)22-28(31)23-35-3)30-21-26(18-24-11-7-5-8-12-24)20-27(32(30)36)19-25-13-9-6-10-14-25/h5-16,20-23,36-37H,4,17-19H2,1-3H3/b35-23+. The van der Waals surface area contributed by atoms with Crippen LogP contribution >= 0.6 is 8.58 Å². The number of benzene rings is 4. The molecular formula is C33H35FNOP. The van der Waals surface area contributed by atoms with E-state index in [1.807, 2.05) is 30.3 Å². The first kappa shape index (κ1) is 26.8. The maximum absolute atomic E-state index is 14.1. The summed E-state index contributed by atoms with van der Waals surface area (Å²) < 4.78 is 14.1. The molecule has 0 saturated heterocycles. The molecule has 4 rings (SSSR count). The van der Waals surface area contributed by atoms with Crippen LogP contribution in [0.4, 0.5) is 4.39 Å². The van der Waals surface area contributed by atoms with Crippen molar-refractivity contribution in [3.8, 4) is 5.75 Å². The fourth-order valence-electron chi connectivity index (χ4n) is 5.02. The summed E-state index contributed by atoms with van der Waals surface area (Å²) in [6.07, 6.45) is 5.06. The molecule has 0 aliphatic heterocycles. The van der Waals surface area contributed by atoms with E-state index in [1.54, 1.807) is 19.3 Å². The van der Waals surface area contributed by atoms with Gasteiger partial charge in [-0.25, -0.2) is 4.39 Å². The van der Waals surface area contributed by atoms with Gasteiger partial charge in [-0.05, 0) is 52.5 Å². The molecule has 2 nitrogen and oxygen atoms in total. The number of hydrogen-bond donors (Lipinski definition) is 1. The second kappa shape index (κ2) is 12.3. The van der Waals surface area contributed by atoms with Gasteiger partial charge in [-0.2, -0.15) is 0 Å². The maximum atomic E-state index is 14.1. The van der Waals surface area contributed by atoms with Crippen molar-refractivity contribution in [1.29, 1.82) is 0 Å². The van der Waals surface area contributed by atoms with Gasteiger partial charge in [0.2, 0.25) is 0 Å². The minimum Gasteiger partial charge on any atom is -0.507 e. The van der Waals surface area contributed by atoms with Crippen LogP contribution in [-0.4, -0.2) is 18.4 Å². The van der Waals surface area contributed by atoms with E-state index in [-0.39, 0.29) is 11.0 Å². The summed E-state index contributed by atoms with van der Waals surface area (Å²) in [5, 5.41) is 12.5. The summed E-state index contributed by atoms with van der Waals surface area (Å²) >= 11 is 0. The number of halogens is 1. The van der Waals surface area contributed by atoms with Crippen molar-refractivity contribution >= 4 is 20.1 Å². The average Bonchev–Trinajstić information content (AvgIpc) is 2.89. The van der Waals surface area contributed by atoms with Gasteiger partial charge in [-0.15, -0.1) is 0 Å². The molecule has 4 heteroatoms. The quantitative estimate of drug-likeness (QED) is 0.171. The third-order valence-electron chi connectivity index (χ3n) is 6.77. The van der Waals surface area contributed by atoms with Crippen LogP contribution in [0.1, 0.15) is 60.1 Å². The smallest absolute Gasteiger partial charge is 0.123 e. The molecule has 0 bridgehead atoms. The number of nitrogens with zero attached hydrogens (tertiary/aromatic N) is 1. The van der Waals surface area contributed by atoms with Gasteiger partial charge in [0.25, 0.3) is 0 Å². The predicted octanol–water partition coefficient (Wildman–Crippen LogP) is 7.78. The molecule has 2 unspecified atom stereocenters. The van der Waals surface area contributed by atoms with E-state index < -0.39 is 0 Å². The largest absolute Gasteiger partial charge is 0.507 e. The van der Waals surface area contributed by atoms with Crippen molar-refractivity contribution in [2.45, 2.75) is 44.7 Å². The SMILES string of the molecule is CCCC(C)(Pc1ccc(F)cc1/C=N/C)c1cc(Cc2ccccc2)cc(Cc2ccccc2)c1O. The van der Waals surface area contributed by atoms with Crippen molar-refractivity contribution in [3.05, 3.63) is 130 Å². The lowest BCUT2D eigenvalue weighted by Crippen LogP contribution is -2.22. The Balaban J connectivity index is 1.83. The summed E-state index contributed by atoms with van der Waals surface area (Å²) in [6, 6.07) is 30.0. The highest BCUT2D eigenvalue weighted by Gasteiger charge is 2.31. The maximum Gasteiger partial charge on any atom is 0.123 e. The molecule has 0 aliphatic rings. The van der Waals surface area contributed by atoms with E-state index in [1.165, 1.54) is 22.8 Å².